The van der Waals surface area contributed by atoms with E-state index in [4.69, 9.17) is 23.7 Å². The van der Waals surface area contributed by atoms with Crippen molar-refractivity contribution < 1.29 is 23.7 Å². The molecule has 5 rings (SSSR count). The maximum Gasteiger partial charge on any atom is 0.115 e. The van der Waals surface area contributed by atoms with E-state index in [0.717, 1.165) is 28.7 Å². The van der Waals surface area contributed by atoms with Crippen LogP contribution in [0.2, 0.25) is 0 Å². The second kappa shape index (κ2) is 15.6. The van der Waals surface area contributed by atoms with Gasteiger partial charge >= 0.3 is 0 Å². The van der Waals surface area contributed by atoms with Crippen molar-refractivity contribution >= 4 is 0 Å². The zero-order valence-electron chi connectivity index (χ0n) is 23.7. The lowest BCUT2D eigenvalue weighted by Gasteiger charge is -2.46. The summed E-state index contributed by atoms with van der Waals surface area (Å²) in [5.74, 6) is 0. The van der Waals surface area contributed by atoms with Crippen LogP contribution in [-0.2, 0) is 50.1 Å². The lowest BCUT2D eigenvalue weighted by Crippen LogP contribution is -2.61. The average Bonchev–Trinajstić information content (AvgIpc) is 3.04. The quantitative estimate of drug-likeness (QED) is 0.166. The second-order valence-electron chi connectivity index (χ2n) is 10.4. The van der Waals surface area contributed by atoms with Gasteiger partial charge in [0.2, 0.25) is 0 Å². The van der Waals surface area contributed by atoms with Crippen LogP contribution in [-0.4, -0.2) is 37.1 Å². The van der Waals surface area contributed by atoms with Gasteiger partial charge < -0.3 is 23.7 Å². The van der Waals surface area contributed by atoms with Gasteiger partial charge in [-0.25, -0.2) is 0 Å². The predicted molar refractivity (Wildman–Crippen MR) is 160 cm³/mol. The summed E-state index contributed by atoms with van der Waals surface area (Å²) in [6.45, 7) is 4.39. The Labute approximate surface area is 244 Å². The molecule has 5 atom stereocenters. The van der Waals surface area contributed by atoms with E-state index < -0.39 is 6.10 Å². The number of hydrogen-bond acceptors (Lipinski definition) is 5. The lowest BCUT2D eigenvalue weighted by molar-refractivity contribution is -0.272. The van der Waals surface area contributed by atoms with Gasteiger partial charge in [0, 0.05) is 0 Å². The minimum atomic E-state index is -0.390. The fourth-order valence-electron chi connectivity index (χ4n) is 5.21. The van der Waals surface area contributed by atoms with E-state index in [0.29, 0.717) is 33.0 Å². The van der Waals surface area contributed by atoms with E-state index in [9.17, 15) is 0 Å². The van der Waals surface area contributed by atoms with E-state index in [1.165, 1.54) is 0 Å². The van der Waals surface area contributed by atoms with E-state index >= 15 is 0 Å². The summed E-state index contributed by atoms with van der Waals surface area (Å²) < 4.78 is 32.9. The summed E-state index contributed by atoms with van der Waals surface area (Å²) in [6.07, 6.45) is -0.753. The van der Waals surface area contributed by atoms with Crippen molar-refractivity contribution in [3.05, 3.63) is 144 Å². The first-order valence-electron chi connectivity index (χ1n) is 14.5. The third kappa shape index (κ3) is 8.59. The maximum atomic E-state index is 6.71. The molecule has 0 unspecified atom stereocenters. The molecule has 0 saturated carbocycles. The summed E-state index contributed by atoms with van der Waals surface area (Å²) in [6, 6.07) is 40.9. The summed E-state index contributed by atoms with van der Waals surface area (Å²) in [5.41, 5.74) is 4.43. The molecule has 4 aromatic rings. The highest BCUT2D eigenvalue weighted by Crippen LogP contribution is 2.32. The van der Waals surface area contributed by atoms with Crippen LogP contribution in [0.15, 0.2) is 121 Å². The molecule has 41 heavy (non-hydrogen) atoms. The Morgan fingerprint density at radius 2 is 0.829 bits per heavy atom. The van der Waals surface area contributed by atoms with Crippen LogP contribution >= 0.6 is 0 Å². The molecule has 1 saturated heterocycles. The van der Waals surface area contributed by atoms with E-state index in [1.807, 2.05) is 72.8 Å². The van der Waals surface area contributed by atoms with Gasteiger partial charge in [0.25, 0.3) is 0 Å². The van der Waals surface area contributed by atoms with Crippen molar-refractivity contribution in [3.8, 4) is 0 Å². The molecule has 0 spiro atoms. The number of rotatable bonds is 14. The molecule has 5 nitrogen and oxygen atoms in total. The molecule has 0 aromatic heterocycles. The van der Waals surface area contributed by atoms with Gasteiger partial charge in [0.15, 0.2) is 0 Å². The van der Waals surface area contributed by atoms with Crippen LogP contribution in [0, 0.1) is 0 Å². The molecule has 214 valence electrons. The lowest BCUT2D eigenvalue weighted by atomic mass is 9.92. The van der Waals surface area contributed by atoms with Crippen molar-refractivity contribution in [1.29, 1.82) is 0 Å². The summed E-state index contributed by atoms with van der Waals surface area (Å²) in [7, 11) is 0. The van der Waals surface area contributed by atoms with E-state index in [-0.39, 0.29) is 24.4 Å². The fraction of sp³-hybridized carbons (Fsp3) is 0.333. The molecule has 0 N–H and O–H groups in total. The predicted octanol–water partition coefficient (Wildman–Crippen LogP) is 7.14. The van der Waals surface area contributed by atoms with Crippen LogP contribution in [0.3, 0.4) is 0 Å². The molecule has 1 aliphatic rings. The Morgan fingerprint density at radius 3 is 1.24 bits per heavy atom. The molecule has 0 aliphatic carbocycles. The van der Waals surface area contributed by atoms with Gasteiger partial charge in [-0.15, -0.1) is 0 Å². The van der Waals surface area contributed by atoms with Gasteiger partial charge in [-0.2, -0.15) is 0 Å². The van der Waals surface area contributed by atoms with Gasteiger partial charge in [0.1, 0.15) is 24.4 Å². The van der Waals surface area contributed by atoms with Gasteiger partial charge in [0.05, 0.1) is 39.1 Å². The molecule has 4 aromatic carbocycles. The molecule has 1 heterocycles. The fourth-order valence-corrected chi connectivity index (χ4v) is 5.21. The molecule has 1 fully saturated rings. The Hall–Kier alpha value is -3.32. The molecular formula is C36H40O5. The summed E-state index contributed by atoms with van der Waals surface area (Å²) in [4.78, 5) is 0. The number of ether oxygens (including phenoxy) is 5. The van der Waals surface area contributed by atoms with Crippen LogP contribution < -0.4 is 0 Å². The molecule has 0 radical (unpaired) electrons. The summed E-state index contributed by atoms with van der Waals surface area (Å²) in [5, 5.41) is 0. The van der Waals surface area contributed by atoms with Crippen LogP contribution in [0.5, 0.6) is 0 Å². The highest BCUT2D eigenvalue weighted by Gasteiger charge is 2.47. The molecule has 5 heteroatoms. The third-order valence-electron chi connectivity index (χ3n) is 7.38. The second-order valence-corrected chi connectivity index (χ2v) is 10.4. The van der Waals surface area contributed by atoms with Crippen molar-refractivity contribution in [1.82, 2.24) is 0 Å². The normalized spacial score (nSPS) is 22.4. The topological polar surface area (TPSA) is 46.2 Å². The first-order valence-corrected chi connectivity index (χ1v) is 14.5. The van der Waals surface area contributed by atoms with Crippen molar-refractivity contribution in [3.63, 3.8) is 0 Å². The van der Waals surface area contributed by atoms with Crippen LogP contribution in [0.4, 0.5) is 0 Å². The Kier molecular flexibility index (Phi) is 11.1. The highest BCUT2D eigenvalue weighted by atomic mass is 16.6. The van der Waals surface area contributed by atoms with E-state index in [1.54, 1.807) is 0 Å². The van der Waals surface area contributed by atoms with Crippen molar-refractivity contribution in [2.24, 2.45) is 0 Å². The van der Waals surface area contributed by atoms with Crippen LogP contribution in [0.1, 0.15) is 35.6 Å². The monoisotopic (exact) mass is 552 g/mol. The average molecular weight is 553 g/mol. The smallest absolute Gasteiger partial charge is 0.115 e. The van der Waals surface area contributed by atoms with Gasteiger partial charge in [-0.3, -0.25) is 0 Å². The maximum absolute atomic E-state index is 6.71. The van der Waals surface area contributed by atoms with E-state index in [2.05, 4.69) is 55.5 Å². The first-order chi connectivity index (χ1) is 20.3. The highest BCUT2D eigenvalue weighted by molar-refractivity contribution is 5.16. The zero-order chi connectivity index (χ0) is 28.1. The van der Waals surface area contributed by atoms with Crippen molar-refractivity contribution in [2.75, 3.05) is 6.61 Å². The zero-order valence-corrected chi connectivity index (χ0v) is 23.7. The Balaban J connectivity index is 1.38. The first kappa shape index (κ1) is 29.2. The molecular weight excluding hydrogens is 512 g/mol. The molecule has 0 bridgehead atoms. The van der Waals surface area contributed by atoms with Crippen molar-refractivity contribution in [2.45, 2.75) is 70.3 Å². The summed E-state index contributed by atoms with van der Waals surface area (Å²) >= 11 is 0. The van der Waals surface area contributed by atoms with Crippen LogP contribution in [0.25, 0.3) is 0 Å². The molecule has 1 aliphatic heterocycles. The van der Waals surface area contributed by atoms with Gasteiger partial charge in [-0.1, -0.05) is 128 Å². The minimum Gasteiger partial charge on any atom is -0.374 e. The third-order valence-corrected chi connectivity index (χ3v) is 7.38. The largest absolute Gasteiger partial charge is 0.374 e. The Bertz CT molecular complexity index is 1250. The minimum absolute atomic E-state index is 0.165. The molecule has 0 amide bonds. The number of hydrogen-bond donors (Lipinski definition) is 0. The van der Waals surface area contributed by atoms with Gasteiger partial charge in [-0.05, 0) is 28.7 Å². The Morgan fingerprint density at radius 1 is 0.463 bits per heavy atom. The number of benzene rings is 4. The SMILES string of the molecule is CC[C@H]1O[C@@H](COCc2ccccc2)[C@@H](OCc2ccccc2)[C@@H](OCc2ccccc2)[C@H]1OCc1ccccc1. The standard InChI is InChI=1S/C36H40O5/c1-2-32-34(38-24-29-17-9-4-10-18-29)36(40-26-31-21-13-6-14-22-31)35(39-25-30-19-11-5-12-20-30)33(41-32)27-37-23-28-15-7-3-8-16-28/h3-22,32-36H,2,23-27H2,1H3/t32-,33+,34+,35-,36+/m1/s1.